The molecule has 0 radical (unpaired) electrons. The Morgan fingerprint density at radius 1 is 1.50 bits per heavy atom. The van der Waals surface area contributed by atoms with Gasteiger partial charge in [-0.1, -0.05) is 0 Å². The third-order valence-corrected chi connectivity index (χ3v) is 3.25. The van der Waals surface area contributed by atoms with Gasteiger partial charge in [0.15, 0.2) is 0 Å². The molecule has 0 aliphatic carbocycles. The van der Waals surface area contributed by atoms with Crippen molar-refractivity contribution in [2.45, 2.75) is 13.5 Å². The fourth-order valence-electron chi connectivity index (χ4n) is 1.47. The standard InChI is InChI=1S/C12H13BrN2O/c1-9-5-12(14-6-11(9)13)15(2)7-10-3-4-16-8-10/h3-6,8H,7H2,1-2H3. The predicted molar refractivity (Wildman–Crippen MR) is 67.5 cm³/mol. The molecule has 0 bridgehead atoms. The van der Waals surface area contributed by atoms with Crippen LogP contribution in [-0.4, -0.2) is 12.0 Å². The molecule has 3 nitrogen and oxygen atoms in total. The molecule has 0 N–H and O–H groups in total. The first-order valence-corrected chi connectivity index (χ1v) is 5.80. The largest absolute Gasteiger partial charge is 0.472 e. The SMILES string of the molecule is Cc1cc(N(C)Cc2ccoc2)ncc1Br. The van der Waals surface area contributed by atoms with Gasteiger partial charge in [-0.05, 0) is 40.5 Å². The van der Waals surface area contributed by atoms with Gasteiger partial charge >= 0.3 is 0 Å². The molecular formula is C12H13BrN2O. The number of halogens is 1. The van der Waals surface area contributed by atoms with Crippen molar-refractivity contribution in [2.75, 3.05) is 11.9 Å². The highest BCUT2D eigenvalue weighted by Crippen LogP contribution is 2.20. The molecule has 0 aliphatic rings. The van der Waals surface area contributed by atoms with E-state index in [1.165, 1.54) is 5.56 Å². The number of pyridine rings is 1. The minimum atomic E-state index is 0.796. The average Bonchev–Trinajstić information content (AvgIpc) is 2.74. The zero-order valence-corrected chi connectivity index (χ0v) is 10.9. The molecule has 2 aromatic rings. The summed E-state index contributed by atoms with van der Waals surface area (Å²) in [6.07, 6.45) is 5.27. The van der Waals surface area contributed by atoms with Crippen LogP contribution in [0.3, 0.4) is 0 Å². The Hall–Kier alpha value is -1.29. The highest BCUT2D eigenvalue weighted by Gasteiger charge is 2.05. The first-order chi connectivity index (χ1) is 7.66. The molecule has 0 fully saturated rings. The van der Waals surface area contributed by atoms with Crippen LogP contribution in [-0.2, 0) is 6.54 Å². The van der Waals surface area contributed by atoms with Gasteiger partial charge in [-0.3, -0.25) is 0 Å². The third-order valence-electron chi connectivity index (χ3n) is 2.42. The van der Waals surface area contributed by atoms with Crippen molar-refractivity contribution in [3.63, 3.8) is 0 Å². The predicted octanol–water partition coefficient (Wildman–Crippen LogP) is 3.38. The van der Waals surface area contributed by atoms with E-state index in [1.54, 1.807) is 12.5 Å². The zero-order chi connectivity index (χ0) is 11.5. The van der Waals surface area contributed by atoms with E-state index in [0.717, 1.165) is 22.4 Å². The van der Waals surface area contributed by atoms with Crippen LogP contribution in [0.2, 0.25) is 0 Å². The van der Waals surface area contributed by atoms with Gasteiger partial charge in [0, 0.05) is 29.8 Å². The highest BCUT2D eigenvalue weighted by atomic mass is 79.9. The van der Waals surface area contributed by atoms with Gasteiger partial charge in [-0.2, -0.15) is 0 Å². The van der Waals surface area contributed by atoms with Gasteiger partial charge < -0.3 is 9.32 Å². The van der Waals surface area contributed by atoms with Crippen molar-refractivity contribution < 1.29 is 4.42 Å². The lowest BCUT2D eigenvalue weighted by molar-refractivity contribution is 0.563. The number of aryl methyl sites for hydroxylation is 1. The second-order valence-electron chi connectivity index (χ2n) is 3.78. The molecule has 0 spiro atoms. The summed E-state index contributed by atoms with van der Waals surface area (Å²) < 4.78 is 6.07. The van der Waals surface area contributed by atoms with Gasteiger partial charge in [-0.25, -0.2) is 4.98 Å². The van der Waals surface area contributed by atoms with Gasteiger partial charge in [-0.15, -0.1) is 0 Å². The van der Waals surface area contributed by atoms with Crippen LogP contribution >= 0.6 is 15.9 Å². The Balaban J connectivity index is 2.14. The third kappa shape index (κ3) is 2.44. The van der Waals surface area contributed by atoms with E-state index >= 15 is 0 Å². The monoisotopic (exact) mass is 280 g/mol. The number of furan rings is 1. The van der Waals surface area contributed by atoms with Crippen LogP contribution < -0.4 is 4.90 Å². The quantitative estimate of drug-likeness (QED) is 0.863. The molecule has 0 aliphatic heterocycles. The fraction of sp³-hybridized carbons (Fsp3) is 0.250. The second kappa shape index (κ2) is 4.70. The van der Waals surface area contributed by atoms with E-state index in [0.29, 0.717) is 0 Å². The summed E-state index contributed by atoms with van der Waals surface area (Å²) >= 11 is 3.44. The number of hydrogen-bond acceptors (Lipinski definition) is 3. The number of nitrogens with zero attached hydrogens (tertiary/aromatic N) is 2. The summed E-state index contributed by atoms with van der Waals surface area (Å²) in [5, 5.41) is 0. The average molecular weight is 281 g/mol. The van der Waals surface area contributed by atoms with Crippen molar-refractivity contribution in [2.24, 2.45) is 0 Å². The fourth-order valence-corrected chi connectivity index (χ4v) is 1.69. The van der Waals surface area contributed by atoms with Crippen molar-refractivity contribution in [3.8, 4) is 0 Å². The lowest BCUT2D eigenvalue weighted by atomic mass is 10.2. The first-order valence-electron chi connectivity index (χ1n) is 5.01. The molecule has 2 rings (SSSR count). The summed E-state index contributed by atoms with van der Waals surface area (Å²) in [4.78, 5) is 6.46. The normalized spacial score (nSPS) is 10.4. The van der Waals surface area contributed by atoms with E-state index in [2.05, 4.69) is 38.8 Å². The molecule has 0 amide bonds. The van der Waals surface area contributed by atoms with Gasteiger partial charge in [0.2, 0.25) is 0 Å². The van der Waals surface area contributed by atoms with Crippen LogP contribution in [0.1, 0.15) is 11.1 Å². The number of hydrogen-bond donors (Lipinski definition) is 0. The number of anilines is 1. The van der Waals surface area contributed by atoms with Crippen LogP contribution in [0.25, 0.3) is 0 Å². The lowest BCUT2D eigenvalue weighted by Crippen LogP contribution is -2.17. The second-order valence-corrected chi connectivity index (χ2v) is 4.63. The number of aromatic nitrogens is 1. The molecule has 0 unspecified atom stereocenters. The van der Waals surface area contributed by atoms with Crippen molar-refractivity contribution in [3.05, 3.63) is 46.5 Å². The first kappa shape index (κ1) is 11.2. The Morgan fingerprint density at radius 3 is 2.94 bits per heavy atom. The molecule has 2 aromatic heterocycles. The van der Waals surface area contributed by atoms with Crippen molar-refractivity contribution in [1.29, 1.82) is 0 Å². The molecule has 0 saturated carbocycles. The van der Waals surface area contributed by atoms with Crippen molar-refractivity contribution >= 4 is 21.7 Å². The van der Waals surface area contributed by atoms with E-state index in [-0.39, 0.29) is 0 Å². The van der Waals surface area contributed by atoms with E-state index in [1.807, 2.05) is 19.3 Å². The molecule has 0 saturated heterocycles. The summed E-state index contributed by atoms with van der Waals surface area (Å²) in [5.74, 6) is 0.960. The van der Waals surface area contributed by atoms with Crippen molar-refractivity contribution in [1.82, 2.24) is 4.98 Å². The van der Waals surface area contributed by atoms with E-state index in [9.17, 15) is 0 Å². The van der Waals surface area contributed by atoms with Crippen LogP contribution in [0.5, 0.6) is 0 Å². The van der Waals surface area contributed by atoms with E-state index < -0.39 is 0 Å². The Bertz CT molecular complexity index is 468. The van der Waals surface area contributed by atoms with Gasteiger partial charge in [0.1, 0.15) is 5.82 Å². The molecule has 4 heteroatoms. The molecule has 84 valence electrons. The molecule has 0 atom stereocenters. The maximum atomic E-state index is 5.04. The van der Waals surface area contributed by atoms with Gasteiger partial charge in [0.05, 0.1) is 12.5 Å². The van der Waals surface area contributed by atoms with Crippen LogP contribution in [0.4, 0.5) is 5.82 Å². The Morgan fingerprint density at radius 2 is 2.31 bits per heavy atom. The molecule has 0 aromatic carbocycles. The summed E-state index contributed by atoms with van der Waals surface area (Å²) in [7, 11) is 2.02. The molecular weight excluding hydrogens is 268 g/mol. The summed E-state index contributed by atoms with van der Waals surface area (Å²) in [6.45, 7) is 2.85. The Kier molecular flexibility index (Phi) is 3.29. The highest BCUT2D eigenvalue weighted by molar-refractivity contribution is 9.10. The molecule has 16 heavy (non-hydrogen) atoms. The smallest absolute Gasteiger partial charge is 0.128 e. The number of rotatable bonds is 3. The summed E-state index contributed by atoms with van der Waals surface area (Å²) in [6, 6.07) is 4.02. The maximum Gasteiger partial charge on any atom is 0.128 e. The minimum absolute atomic E-state index is 0.796. The molecule has 2 heterocycles. The Labute approximate surface area is 103 Å². The van der Waals surface area contributed by atoms with E-state index in [4.69, 9.17) is 4.42 Å². The lowest BCUT2D eigenvalue weighted by Gasteiger charge is -2.17. The van der Waals surface area contributed by atoms with Gasteiger partial charge in [0.25, 0.3) is 0 Å². The zero-order valence-electron chi connectivity index (χ0n) is 9.27. The van der Waals surface area contributed by atoms with Crippen LogP contribution in [0.15, 0.2) is 39.7 Å². The topological polar surface area (TPSA) is 29.3 Å². The summed E-state index contributed by atoms with van der Waals surface area (Å²) in [5.41, 5.74) is 2.33. The minimum Gasteiger partial charge on any atom is -0.472 e. The maximum absolute atomic E-state index is 5.04. The van der Waals surface area contributed by atoms with Crippen LogP contribution in [0, 0.1) is 6.92 Å².